The maximum Gasteiger partial charge on any atom is 0.204 e. The van der Waals surface area contributed by atoms with Crippen molar-refractivity contribution in [2.45, 2.75) is 0 Å². The number of halogens is 2. The van der Waals surface area contributed by atoms with Crippen LogP contribution in [-0.2, 0) is 0 Å². The van der Waals surface area contributed by atoms with E-state index in [9.17, 15) is 0 Å². The summed E-state index contributed by atoms with van der Waals surface area (Å²) in [7, 11) is 0. The SMILES string of the molecule is Clc1cc2nc(N3CCNCC3)c3nncn3c2cc1Cl. The molecule has 3 aromatic rings. The largest absolute Gasteiger partial charge is 0.351 e. The molecular weight excluding hydrogens is 311 g/mol. The van der Waals surface area contributed by atoms with Crippen molar-refractivity contribution in [2.75, 3.05) is 31.1 Å². The lowest BCUT2D eigenvalue weighted by Gasteiger charge is -2.28. The van der Waals surface area contributed by atoms with E-state index >= 15 is 0 Å². The summed E-state index contributed by atoms with van der Waals surface area (Å²) >= 11 is 12.2. The number of nitrogens with one attached hydrogen (secondary N) is 1. The van der Waals surface area contributed by atoms with Crippen LogP contribution < -0.4 is 10.2 Å². The fraction of sp³-hybridized carbons (Fsp3) is 0.308. The van der Waals surface area contributed by atoms with E-state index < -0.39 is 0 Å². The first-order valence-corrected chi connectivity index (χ1v) is 7.44. The lowest BCUT2D eigenvalue weighted by molar-refractivity contribution is 0.586. The third-order valence-electron chi connectivity index (χ3n) is 3.67. The van der Waals surface area contributed by atoms with E-state index in [0.29, 0.717) is 10.0 Å². The van der Waals surface area contributed by atoms with Crippen LogP contribution in [0.2, 0.25) is 10.0 Å². The van der Waals surface area contributed by atoms with Gasteiger partial charge in [-0.05, 0) is 12.1 Å². The number of piperazine rings is 1. The predicted octanol–water partition coefficient (Wildman–Crippen LogP) is 1.99. The molecule has 1 N–H and O–H groups in total. The van der Waals surface area contributed by atoms with Crippen molar-refractivity contribution in [3.8, 4) is 0 Å². The van der Waals surface area contributed by atoms with Gasteiger partial charge in [0.1, 0.15) is 6.33 Å². The number of aromatic nitrogens is 4. The zero-order valence-corrected chi connectivity index (χ0v) is 12.6. The van der Waals surface area contributed by atoms with Gasteiger partial charge in [-0.3, -0.25) is 4.40 Å². The summed E-state index contributed by atoms with van der Waals surface area (Å²) in [4.78, 5) is 6.94. The van der Waals surface area contributed by atoms with Gasteiger partial charge in [-0.25, -0.2) is 4.98 Å². The standard InChI is InChI=1S/C13H12Cl2N6/c14-8-5-10-11(6-9(8)15)21-7-17-19-13(21)12(18-10)20-3-1-16-2-4-20/h5-7,16H,1-4H2. The molecule has 4 rings (SSSR count). The number of fused-ring (bicyclic) bond motifs is 3. The van der Waals surface area contributed by atoms with Crippen molar-refractivity contribution in [1.82, 2.24) is 24.9 Å². The third-order valence-corrected chi connectivity index (χ3v) is 4.39. The Bertz CT molecular complexity index is 824. The van der Waals surface area contributed by atoms with Gasteiger partial charge in [0.05, 0.1) is 21.1 Å². The molecule has 0 spiro atoms. The van der Waals surface area contributed by atoms with E-state index in [0.717, 1.165) is 48.7 Å². The fourth-order valence-corrected chi connectivity index (χ4v) is 2.94. The Morgan fingerprint density at radius 1 is 1.10 bits per heavy atom. The average molecular weight is 323 g/mol. The van der Waals surface area contributed by atoms with Gasteiger partial charge in [0.25, 0.3) is 0 Å². The maximum atomic E-state index is 6.11. The molecule has 0 atom stereocenters. The second-order valence-corrected chi connectivity index (χ2v) is 5.77. The van der Waals surface area contributed by atoms with Crippen LogP contribution in [0.3, 0.4) is 0 Å². The van der Waals surface area contributed by atoms with Crippen LogP contribution in [0.5, 0.6) is 0 Å². The van der Waals surface area contributed by atoms with Crippen LogP contribution in [0, 0.1) is 0 Å². The molecule has 1 aliphatic heterocycles. The molecule has 3 heterocycles. The fourth-order valence-electron chi connectivity index (χ4n) is 2.62. The predicted molar refractivity (Wildman–Crippen MR) is 83.4 cm³/mol. The maximum absolute atomic E-state index is 6.11. The summed E-state index contributed by atoms with van der Waals surface area (Å²) in [5.74, 6) is 0.833. The van der Waals surface area contributed by atoms with Crippen molar-refractivity contribution in [1.29, 1.82) is 0 Å². The van der Waals surface area contributed by atoms with Crippen molar-refractivity contribution in [3.63, 3.8) is 0 Å². The summed E-state index contributed by atoms with van der Waals surface area (Å²) in [6.45, 7) is 3.65. The summed E-state index contributed by atoms with van der Waals surface area (Å²) < 4.78 is 1.90. The molecule has 8 heteroatoms. The monoisotopic (exact) mass is 322 g/mol. The van der Waals surface area contributed by atoms with Crippen LogP contribution in [0.1, 0.15) is 0 Å². The summed E-state index contributed by atoms with van der Waals surface area (Å²) in [5.41, 5.74) is 2.37. The van der Waals surface area contributed by atoms with E-state index in [1.807, 2.05) is 4.40 Å². The topological polar surface area (TPSA) is 58.4 Å². The van der Waals surface area contributed by atoms with E-state index in [2.05, 4.69) is 20.4 Å². The number of hydrogen-bond donors (Lipinski definition) is 1. The second kappa shape index (κ2) is 4.98. The van der Waals surface area contributed by atoms with E-state index in [-0.39, 0.29) is 0 Å². The van der Waals surface area contributed by atoms with Gasteiger partial charge >= 0.3 is 0 Å². The van der Waals surface area contributed by atoms with Crippen molar-refractivity contribution in [3.05, 3.63) is 28.5 Å². The molecule has 1 saturated heterocycles. The van der Waals surface area contributed by atoms with Crippen molar-refractivity contribution in [2.24, 2.45) is 0 Å². The minimum Gasteiger partial charge on any atom is -0.351 e. The van der Waals surface area contributed by atoms with Gasteiger partial charge in [-0.1, -0.05) is 23.2 Å². The number of benzene rings is 1. The summed E-state index contributed by atoms with van der Waals surface area (Å²) in [6.07, 6.45) is 1.68. The Balaban J connectivity index is 2.00. The molecular formula is C13H12Cl2N6. The second-order valence-electron chi connectivity index (χ2n) is 4.95. The van der Waals surface area contributed by atoms with Crippen molar-refractivity contribution < 1.29 is 0 Å². The normalized spacial score (nSPS) is 16.0. The molecule has 0 amide bonds. The first kappa shape index (κ1) is 13.1. The lowest BCUT2D eigenvalue weighted by Crippen LogP contribution is -2.44. The Labute approximate surface area is 130 Å². The van der Waals surface area contributed by atoms with Crippen LogP contribution in [0.4, 0.5) is 5.82 Å². The molecule has 21 heavy (non-hydrogen) atoms. The highest BCUT2D eigenvalue weighted by molar-refractivity contribution is 6.42. The minimum atomic E-state index is 0.496. The first-order chi connectivity index (χ1) is 10.2. The van der Waals surface area contributed by atoms with Gasteiger partial charge in [-0.15, -0.1) is 10.2 Å². The van der Waals surface area contributed by atoms with E-state index in [1.54, 1.807) is 18.5 Å². The number of nitrogens with zero attached hydrogens (tertiary/aromatic N) is 5. The molecule has 0 radical (unpaired) electrons. The number of hydrogen-bond acceptors (Lipinski definition) is 5. The highest BCUT2D eigenvalue weighted by Crippen LogP contribution is 2.30. The zero-order valence-electron chi connectivity index (χ0n) is 11.1. The van der Waals surface area contributed by atoms with E-state index in [1.165, 1.54) is 0 Å². The quantitative estimate of drug-likeness (QED) is 0.742. The van der Waals surface area contributed by atoms with Gasteiger partial charge < -0.3 is 10.2 Å². The lowest BCUT2D eigenvalue weighted by atomic mass is 10.3. The third kappa shape index (κ3) is 2.10. The molecule has 1 aromatic carbocycles. The number of rotatable bonds is 1. The van der Waals surface area contributed by atoms with Crippen LogP contribution >= 0.6 is 23.2 Å². The summed E-state index contributed by atoms with van der Waals surface area (Å²) in [6, 6.07) is 3.58. The first-order valence-electron chi connectivity index (χ1n) is 6.68. The summed E-state index contributed by atoms with van der Waals surface area (Å²) in [5, 5.41) is 12.5. The van der Waals surface area contributed by atoms with Gasteiger partial charge in [0, 0.05) is 26.2 Å². The molecule has 1 fully saturated rings. The molecule has 108 valence electrons. The Hall–Kier alpha value is -1.63. The zero-order chi connectivity index (χ0) is 14.4. The van der Waals surface area contributed by atoms with Crippen LogP contribution in [0.25, 0.3) is 16.7 Å². The van der Waals surface area contributed by atoms with E-state index in [4.69, 9.17) is 28.2 Å². The van der Waals surface area contributed by atoms with Crippen molar-refractivity contribution >= 4 is 45.7 Å². The molecule has 2 aromatic heterocycles. The van der Waals surface area contributed by atoms with Gasteiger partial charge in [-0.2, -0.15) is 0 Å². The minimum absolute atomic E-state index is 0.496. The molecule has 1 aliphatic rings. The average Bonchev–Trinajstić information content (AvgIpc) is 2.99. The molecule has 0 aliphatic carbocycles. The Kier molecular flexibility index (Phi) is 3.10. The molecule has 0 unspecified atom stereocenters. The van der Waals surface area contributed by atoms with Crippen LogP contribution in [0.15, 0.2) is 18.5 Å². The number of anilines is 1. The Morgan fingerprint density at radius 3 is 2.67 bits per heavy atom. The highest BCUT2D eigenvalue weighted by atomic mass is 35.5. The van der Waals surface area contributed by atoms with Gasteiger partial charge in [0.2, 0.25) is 5.65 Å². The smallest absolute Gasteiger partial charge is 0.204 e. The molecule has 6 nitrogen and oxygen atoms in total. The van der Waals surface area contributed by atoms with Gasteiger partial charge in [0.15, 0.2) is 5.82 Å². The van der Waals surface area contributed by atoms with Crippen LogP contribution in [-0.4, -0.2) is 45.8 Å². The highest BCUT2D eigenvalue weighted by Gasteiger charge is 2.19. The molecule has 0 bridgehead atoms. The molecule has 0 saturated carbocycles. The Morgan fingerprint density at radius 2 is 1.86 bits per heavy atom.